The summed E-state index contributed by atoms with van der Waals surface area (Å²) in [5.74, 6) is 0.806. The molecule has 7 heteroatoms. The molecule has 0 radical (unpaired) electrons. The standard InChI is InChI=1S/C14H22N4O2S/c1-9(2)12-16-17-13(21-12)15-14(19)18(11-3-4-11)7-10-5-6-20-8-10/h9-11H,3-8H2,1-2H3,(H,15,17,19)/t10-/m0/s1. The van der Waals surface area contributed by atoms with Crippen molar-refractivity contribution >= 4 is 22.5 Å². The van der Waals surface area contributed by atoms with E-state index in [0.29, 0.717) is 23.0 Å². The Morgan fingerprint density at radius 1 is 1.43 bits per heavy atom. The van der Waals surface area contributed by atoms with E-state index >= 15 is 0 Å². The molecule has 0 bridgehead atoms. The molecule has 21 heavy (non-hydrogen) atoms. The van der Waals surface area contributed by atoms with Crippen molar-refractivity contribution in [2.75, 3.05) is 25.1 Å². The molecule has 1 N–H and O–H groups in total. The monoisotopic (exact) mass is 310 g/mol. The van der Waals surface area contributed by atoms with Gasteiger partial charge >= 0.3 is 6.03 Å². The van der Waals surface area contributed by atoms with E-state index < -0.39 is 0 Å². The molecule has 1 saturated carbocycles. The van der Waals surface area contributed by atoms with E-state index in [9.17, 15) is 4.79 Å². The van der Waals surface area contributed by atoms with Crippen LogP contribution in [-0.4, -0.2) is 46.9 Å². The molecule has 2 amide bonds. The van der Waals surface area contributed by atoms with Crippen LogP contribution in [0.5, 0.6) is 0 Å². The minimum atomic E-state index is -0.0455. The lowest BCUT2D eigenvalue weighted by Gasteiger charge is -2.24. The van der Waals surface area contributed by atoms with E-state index in [2.05, 4.69) is 29.4 Å². The summed E-state index contributed by atoms with van der Waals surface area (Å²) < 4.78 is 5.41. The molecular formula is C14H22N4O2S. The van der Waals surface area contributed by atoms with Crippen molar-refractivity contribution in [2.24, 2.45) is 5.92 Å². The summed E-state index contributed by atoms with van der Waals surface area (Å²) in [6, 6.07) is 0.346. The van der Waals surface area contributed by atoms with E-state index in [1.54, 1.807) is 0 Å². The summed E-state index contributed by atoms with van der Waals surface area (Å²) in [4.78, 5) is 14.4. The molecule has 0 aromatic carbocycles. The number of hydrogen-bond acceptors (Lipinski definition) is 5. The second-order valence-corrected chi connectivity index (χ2v) is 7.15. The third kappa shape index (κ3) is 3.71. The quantitative estimate of drug-likeness (QED) is 0.908. The van der Waals surface area contributed by atoms with Crippen molar-refractivity contribution in [2.45, 2.75) is 45.1 Å². The third-order valence-corrected chi connectivity index (χ3v) is 5.02. The predicted molar refractivity (Wildman–Crippen MR) is 81.7 cm³/mol. The normalized spacial score (nSPS) is 21.8. The highest BCUT2D eigenvalue weighted by atomic mass is 32.1. The third-order valence-electron chi connectivity index (χ3n) is 3.88. The van der Waals surface area contributed by atoms with E-state index in [1.807, 2.05) is 4.90 Å². The van der Waals surface area contributed by atoms with Gasteiger partial charge in [-0.1, -0.05) is 25.2 Å². The van der Waals surface area contributed by atoms with Crippen LogP contribution in [0.3, 0.4) is 0 Å². The van der Waals surface area contributed by atoms with Crippen LogP contribution in [0.2, 0.25) is 0 Å². The van der Waals surface area contributed by atoms with E-state index in [1.165, 1.54) is 11.3 Å². The Morgan fingerprint density at radius 2 is 2.24 bits per heavy atom. The van der Waals surface area contributed by atoms with Gasteiger partial charge in [0.05, 0.1) is 6.61 Å². The number of rotatable bonds is 5. The number of anilines is 1. The Hall–Kier alpha value is -1.21. The molecule has 1 aliphatic heterocycles. The largest absolute Gasteiger partial charge is 0.381 e. The Balaban J connectivity index is 1.60. The number of aromatic nitrogens is 2. The number of ether oxygens (including phenoxy) is 1. The molecule has 3 rings (SSSR count). The summed E-state index contributed by atoms with van der Waals surface area (Å²) in [7, 11) is 0. The molecule has 1 aromatic rings. The number of urea groups is 1. The molecule has 1 aliphatic carbocycles. The fourth-order valence-corrected chi connectivity index (χ4v) is 3.21. The second kappa shape index (κ2) is 6.27. The zero-order valence-corrected chi connectivity index (χ0v) is 13.4. The van der Waals surface area contributed by atoms with E-state index in [4.69, 9.17) is 4.74 Å². The van der Waals surface area contributed by atoms with Crippen molar-refractivity contribution in [3.63, 3.8) is 0 Å². The van der Waals surface area contributed by atoms with Crippen LogP contribution in [0.1, 0.15) is 44.0 Å². The zero-order chi connectivity index (χ0) is 14.8. The van der Waals surface area contributed by atoms with Crippen LogP contribution < -0.4 is 5.32 Å². The van der Waals surface area contributed by atoms with E-state index in [-0.39, 0.29) is 6.03 Å². The first-order valence-corrected chi connectivity index (χ1v) is 8.44. The SMILES string of the molecule is CC(C)c1nnc(NC(=O)N(C[C@@H]2CCOC2)C2CC2)s1. The highest BCUT2D eigenvalue weighted by Crippen LogP contribution is 2.30. The van der Waals surface area contributed by atoms with Crippen molar-refractivity contribution in [3.8, 4) is 0 Å². The molecule has 2 aliphatic rings. The molecular weight excluding hydrogens is 288 g/mol. The first-order chi connectivity index (χ1) is 10.1. The average Bonchev–Trinajstić information content (AvgIpc) is 2.97. The lowest BCUT2D eigenvalue weighted by atomic mass is 10.1. The highest BCUT2D eigenvalue weighted by Gasteiger charge is 2.35. The number of nitrogens with one attached hydrogen (secondary N) is 1. The molecule has 6 nitrogen and oxygen atoms in total. The summed E-state index contributed by atoms with van der Waals surface area (Å²) in [6.45, 7) is 6.52. The summed E-state index contributed by atoms with van der Waals surface area (Å²) in [5.41, 5.74) is 0. The molecule has 1 atom stereocenters. The summed E-state index contributed by atoms with van der Waals surface area (Å²) in [5, 5.41) is 12.6. The van der Waals surface area contributed by atoms with Crippen LogP contribution in [0.4, 0.5) is 9.93 Å². The lowest BCUT2D eigenvalue weighted by Crippen LogP contribution is -2.40. The number of nitrogens with zero attached hydrogens (tertiary/aromatic N) is 3. The van der Waals surface area contributed by atoms with Crippen LogP contribution >= 0.6 is 11.3 Å². The Labute approximate surface area is 128 Å². The highest BCUT2D eigenvalue weighted by molar-refractivity contribution is 7.15. The maximum absolute atomic E-state index is 12.5. The van der Waals surface area contributed by atoms with E-state index in [0.717, 1.165) is 44.0 Å². The van der Waals surface area contributed by atoms with Gasteiger partial charge in [0.1, 0.15) is 5.01 Å². The van der Waals surface area contributed by atoms with Crippen LogP contribution in [0, 0.1) is 5.92 Å². The number of carbonyl (C=O) groups is 1. The van der Waals surface area contributed by atoms with Crippen LogP contribution in [0.25, 0.3) is 0 Å². The fourth-order valence-electron chi connectivity index (χ4n) is 2.47. The summed E-state index contributed by atoms with van der Waals surface area (Å²) >= 11 is 1.46. The molecule has 116 valence electrons. The van der Waals surface area contributed by atoms with Gasteiger partial charge < -0.3 is 9.64 Å². The van der Waals surface area contributed by atoms with Crippen molar-refractivity contribution < 1.29 is 9.53 Å². The van der Waals surface area contributed by atoms with Gasteiger partial charge in [0.2, 0.25) is 5.13 Å². The fraction of sp³-hybridized carbons (Fsp3) is 0.786. The van der Waals surface area contributed by atoms with Crippen LogP contribution in [-0.2, 0) is 4.74 Å². The Kier molecular flexibility index (Phi) is 4.40. The zero-order valence-electron chi connectivity index (χ0n) is 12.5. The molecule has 0 unspecified atom stereocenters. The van der Waals surface area contributed by atoms with Gasteiger partial charge in [-0.2, -0.15) is 0 Å². The molecule has 1 saturated heterocycles. The number of amides is 2. The number of hydrogen-bond donors (Lipinski definition) is 1. The topological polar surface area (TPSA) is 67.4 Å². The summed E-state index contributed by atoms with van der Waals surface area (Å²) in [6.07, 6.45) is 3.26. The molecule has 2 heterocycles. The first-order valence-electron chi connectivity index (χ1n) is 7.62. The van der Waals surface area contributed by atoms with Crippen molar-refractivity contribution in [1.29, 1.82) is 0 Å². The molecule has 2 fully saturated rings. The lowest BCUT2D eigenvalue weighted by molar-refractivity contribution is 0.167. The van der Waals surface area contributed by atoms with Gasteiger partial charge in [-0.05, 0) is 19.3 Å². The van der Waals surface area contributed by atoms with Gasteiger partial charge in [-0.3, -0.25) is 5.32 Å². The van der Waals surface area contributed by atoms with Gasteiger partial charge in [-0.25, -0.2) is 4.79 Å². The van der Waals surface area contributed by atoms with Crippen molar-refractivity contribution in [3.05, 3.63) is 5.01 Å². The molecule has 0 spiro atoms. The van der Waals surface area contributed by atoms with Gasteiger partial charge in [-0.15, -0.1) is 10.2 Å². The van der Waals surface area contributed by atoms with Gasteiger partial charge in [0.25, 0.3) is 0 Å². The maximum atomic E-state index is 12.5. The Bertz CT molecular complexity index is 495. The van der Waals surface area contributed by atoms with Crippen molar-refractivity contribution in [1.82, 2.24) is 15.1 Å². The predicted octanol–water partition coefficient (Wildman–Crippen LogP) is 2.69. The average molecular weight is 310 g/mol. The minimum absolute atomic E-state index is 0.0455. The number of carbonyl (C=O) groups excluding carboxylic acids is 1. The van der Waals surface area contributed by atoms with Gasteiger partial charge in [0, 0.05) is 31.0 Å². The first kappa shape index (κ1) is 14.7. The van der Waals surface area contributed by atoms with Gasteiger partial charge in [0.15, 0.2) is 0 Å². The Morgan fingerprint density at radius 3 is 2.81 bits per heavy atom. The minimum Gasteiger partial charge on any atom is -0.381 e. The smallest absolute Gasteiger partial charge is 0.323 e. The second-order valence-electron chi connectivity index (χ2n) is 6.14. The molecule has 1 aromatic heterocycles. The van der Waals surface area contributed by atoms with Crippen LogP contribution in [0.15, 0.2) is 0 Å². The maximum Gasteiger partial charge on any atom is 0.323 e.